The third-order valence-electron chi connectivity index (χ3n) is 1.10. The monoisotopic (exact) mass is 134 g/mol. The molecule has 0 fully saturated rings. The Bertz CT molecular complexity index is 95.8. The van der Waals surface area contributed by atoms with Crippen LogP contribution in [0, 0.1) is 10.1 Å². The highest BCUT2D eigenvalue weighted by Crippen LogP contribution is 1.91. The van der Waals surface area contributed by atoms with Crippen LogP contribution in [0.4, 0.5) is 0 Å². The van der Waals surface area contributed by atoms with Gasteiger partial charge in [-0.2, -0.15) is 5.43 Å². The van der Waals surface area contributed by atoms with Crippen LogP contribution in [0.25, 0.3) is 0 Å². The van der Waals surface area contributed by atoms with Crippen LogP contribution < -0.4 is 11.3 Å². The van der Waals surface area contributed by atoms with Gasteiger partial charge >= 0.3 is 0 Å². The molecule has 4 N–H and O–H groups in total. The van der Waals surface area contributed by atoms with E-state index in [0.29, 0.717) is 13.0 Å². The molecule has 54 valence electrons. The van der Waals surface area contributed by atoms with Crippen molar-refractivity contribution in [2.24, 2.45) is 0 Å². The first-order chi connectivity index (χ1) is 4.18. The third kappa shape index (κ3) is 3.87. The van der Waals surface area contributed by atoms with Gasteiger partial charge in [-0.05, 0) is 0 Å². The summed E-state index contributed by atoms with van der Waals surface area (Å²) in [6, 6.07) is -0.459. The van der Waals surface area contributed by atoms with Crippen LogP contribution in [0.1, 0.15) is 13.3 Å². The van der Waals surface area contributed by atoms with E-state index in [1.807, 2.05) is 0 Å². The van der Waals surface area contributed by atoms with Gasteiger partial charge in [0.05, 0.1) is 6.54 Å². The Hall–Kier alpha value is -0.680. The van der Waals surface area contributed by atoms with Gasteiger partial charge < -0.3 is 0 Å². The van der Waals surface area contributed by atoms with Crippen LogP contribution in [-0.4, -0.2) is 17.5 Å². The zero-order valence-electron chi connectivity index (χ0n) is 5.46. The third-order valence-corrected chi connectivity index (χ3v) is 1.10. The summed E-state index contributed by atoms with van der Waals surface area (Å²) in [5.41, 5.74) is 2.60. The lowest BCUT2D eigenvalue weighted by atomic mass is 10.2. The summed E-state index contributed by atoms with van der Waals surface area (Å²) in [6.45, 7) is 2.18. The van der Waals surface area contributed by atoms with Crippen LogP contribution in [0.2, 0.25) is 0 Å². The molecule has 0 aromatic heterocycles. The van der Waals surface area contributed by atoms with E-state index in [2.05, 4.69) is 11.3 Å². The minimum atomic E-state index is -0.459. The number of nitro groups is 1. The molecule has 5 heteroatoms. The first-order valence-corrected chi connectivity index (χ1v) is 2.82. The fourth-order valence-corrected chi connectivity index (χ4v) is 0.416. The number of quaternary nitrogens is 1. The molecular formula is C4H12N3O2+. The van der Waals surface area contributed by atoms with Gasteiger partial charge in [0, 0.05) is 18.3 Å². The summed E-state index contributed by atoms with van der Waals surface area (Å²) in [4.78, 5) is 9.67. The van der Waals surface area contributed by atoms with E-state index in [4.69, 9.17) is 0 Å². The molecule has 0 heterocycles. The second-order valence-electron chi connectivity index (χ2n) is 1.92. The molecule has 0 amide bonds. The van der Waals surface area contributed by atoms with Crippen molar-refractivity contribution in [3.63, 3.8) is 0 Å². The van der Waals surface area contributed by atoms with Crippen molar-refractivity contribution < 1.29 is 10.8 Å². The lowest BCUT2D eigenvalue weighted by Crippen LogP contribution is -2.65. The van der Waals surface area contributed by atoms with E-state index >= 15 is 0 Å². The van der Waals surface area contributed by atoms with Crippen LogP contribution in [-0.2, 0) is 0 Å². The standard InChI is InChI=1S/C4H11N3O2/c1-4(7(8)9)2-3-6-5/h4,6H,2-3,5H2,1H3/p+1. The molecule has 0 aliphatic heterocycles. The van der Waals surface area contributed by atoms with Crippen LogP contribution in [0.3, 0.4) is 0 Å². The number of rotatable bonds is 4. The van der Waals surface area contributed by atoms with E-state index < -0.39 is 6.04 Å². The summed E-state index contributed by atoms with van der Waals surface area (Å²) in [5, 5.41) is 9.96. The summed E-state index contributed by atoms with van der Waals surface area (Å²) >= 11 is 0. The van der Waals surface area contributed by atoms with Gasteiger partial charge in [0.25, 0.3) is 0 Å². The van der Waals surface area contributed by atoms with Gasteiger partial charge in [-0.15, -0.1) is 0 Å². The molecule has 0 radical (unpaired) electrons. The highest BCUT2D eigenvalue weighted by Gasteiger charge is 2.10. The summed E-state index contributed by atoms with van der Waals surface area (Å²) in [7, 11) is 0. The molecule has 0 aromatic carbocycles. The second-order valence-corrected chi connectivity index (χ2v) is 1.92. The minimum Gasteiger partial charge on any atom is -0.280 e. The lowest BCUT2D eigenvalue weighted by Gasteiger charge is -1.99. The molecule has 1 atom stereocenters. The Kier molecular flexibility index (Phi) is 3.90. The van der Waals surface area contributed by atoms with Crippen molar-refractivity contribution in [1.82, 2.24) is 5.43 Å². The highest BCUT2D eigenvalue weighted by molar-refractivity contribution is 4.47. The number of nitrogens with zero attached hydrogens (tertiary/aromatic N) is 1. The number of hydrogen-bond donors (Lipinski definition) is 2. The van der Waals surface area contributed by atoms with Crippen molar-refractivity contribution >= 4 is 0 Å². The fraction of sp³-hybridized carbons (Fsp3) is 1.00. The minimum absolute atomic E-state index is 0.294. The van der Waals surface area contributed by atoms with Crippen LogP contribution in [0.5, 0.6) is 0 Å². The Morgan fingerprint density at radius 2 is 2.44 bits per heavy atom. The molecule has 0 aliphatic carbocycles. The molecule has 0 saturated carbocycles. The summed E-state index contributed by atoms with van der Waals surface area (Å²) in [5.74, 6) is 3.34. The van der Waals surface area contributed by atoms with E-state index in [-0.39, 0.29) is 4.92 Å². The number of nitrogens with one attached hydrogen (secondary N) is 1. The SMILES string of the molecule is CC(CCN[NH3+])[N+](=O)[O-]. The first kappa shape index (κ1) is 8.32. The zero-order valence-corrected chi connectivity index (χ0v) is 5.46. The second kappa shape index (κ2) is 4.22. The Morgan fingerprint density at radius 1 is 1.89 bits per heavy atom. The quantitative estimate of drug-likeness (QED) is 0.373. The maximum Gasteiger partial charge on any atom is 0.211 e. The van der Waals surface area contributed by atoms with Gasteiger partial charge in [-0.25, -0.2) is 0 Å². The van der Waals surface area contributed by atoms with Crippen molar-refractivity contribution in [3.05, 3.63) is 10.1 Å². The maximum atomic E-state index is 9.96. The van der Waals surface area contributed by atoms with E-state index in [0.717, 1.165) is 0 Å². The molecule has 9 heavy (non-hydrogen) atoms. The van der Waals surface area contributed by atoms with E-state index in [9.17, 15) is 10.1 Å². The maximum absolute atomic E-state index is 9.96. The largest absolute Gasteiger partial charge is 0.280 e. The Labute approximate surface area is 53.3 Å². The number of hydrogen-bond acceptors (Lipinski definition) is 3. The van der Waals surface area contributed by atoms with Crippen LogP contribution >= 0.6 is 0 Å². The predicted molar refractivity (Wildman–Crippen MR) is 32.0 cm³/mol. The molecule has 0 spiro atoms. The Morgan fingerprint density at radius 3 is 2.78 bits per heavy atom. The molecule has 1 unspecified atom stereocenters. The van der Waals surface area contributed by atoms with E-state index in [1.54, 1.807) is 6.92 Å². The molecular weight excluding hydrogens is 122 g/mol. The average Bonchev–Trinajstić information content (AvgIpc) is 1.82. The summed E-state index contributed by atoms with van der Waals surface area (Å²) in [6.07, 6.45) is 0.538. The van der Waals surface area contributed by atoms with Crippen molar-refractivity contribution in [2.75, 3.05) is 6.54 Å². The fourth-order valence-electron chi connectivity index (χ4n) is 0.416. The Balaban J connectivity index is 3.27. The smallest absolute Gasteiger partial charge is 0.211 e. The normalized spacial score (nSPS) is 13.1. The molecule has 0 aliphatic rings. The summed E-state index contributed by atoms with van der Waals surface area (Å²) < 4.78 is 0. The molecule has 0 saturated heterocycles. The van der Waals surface area contributed by atoms with Gasteiger partial charge in [0.15, 0.2) is 0 Å². The average molecular weight is 134 g/mol. The van der Waals surface area contributed by atoms with Crippen molar-refractivity contribution in [3.8, 4) is 0 Å². The van der Waals surface area contributed by atoms with Crippen molar-refractivity contribution in [2.45, 2.75) is 19.4 Å². The van der Waals surface area contributed by atoms with Gasteiger partial charge in [0.1, 0.15) is 0 Å². The topological polar surface area (TPSA) is 82.8 Å². The van der Waals surface area contributed by atoms with Crippen LogP contribution in [0.15, 0.2) is 0 Å². The molecule has 0 rings (SSSR count). The highest BCUT2D eigenvalue weighted by atomic mass is 16.6. The van der Waals surface area contributed by atoms with Crippen molar-refractivity contribution in [1.29, 1.82) is 0 Å². The van der Waals surface area contributed by atoms with E-state index in [1.165, 1.54) is 0 Å². The van der Waals surface area contributed by atoms with Gasteiger partial charge in [-0.1, -0.05) is 0 Å². The first-order valence-electron chi connectivity index (χ1n) is 2.82. The van der Waals surface area contributed by atoms with Gasteiger partial charge in [-0.3, -0.25) is 16.0 Å². The predicted octanol–water partition coefficient (Wildman–Crippen LogP) is -1.21. The lowest BCUT2D eigenvalue weighted by molar-refractivity contribution is -0.521. The molecule has 0 bridgehead atoms. The molecule has 0 aromatic rings. The van der Waals surface area contributed by atoms with Gasteiger partial charge in [0.2, 0.25) is 6.04 Å². The molecule has 5 nitrogen and oxygen atoms in total. The zero-order chi connectivity index (χ0) is 7.28.